The van der Waals surface area contributed by atoms with E-state index in [-0.39, 0.29) is 28.2 Å². The molecule has 70 valence electrons. The van der Waals surface area contributed by atoms with Gasteiger partial charge in [0.25, 0.3) is 0 Å². The average Bonchev–Trinajstić information content (AvgIpc) is 2.12. The van der Waals surface area contributed by atoms with Crippen molar-refractivity contribution in [3.05, 3.63) is 17.7 Å². The summed E-state index contributed by atoms with van der Waals surface area (Å²) >= 11 is 3.02. The molecule has 0 atom stereocenters. The fourth-order valence-corrected chi connectivity index (χ4v) is 1.22. The molecule has 1 aromatic rings. The lowest BCUT2D eigenvalue weighted by Gasteiger charge is -2.05. The molecule has 5 heteroatoms. The Labute approximate surface area is 83.7 Å². The maximum Gasteiger partial charge on any atom is 0.173 e. The highest BCUT2D eigenvalue weighted by Gasteiger charge is 2.09. The molecule has 0 saturated heterocycles. The van der Waals surface area contributed by atoms with Gasteiger partial charge in [0, 0.05) is 5.56 Å². The number of rotatable bonds is 2. The smallest absolute Gasteiger partial charge is 0.173 e. The number of Topliss-reactive ketones (excluding diaryl/α,β-unsaturated/α-hetero) is 1. The van der Waals surface area contributed by atoms with Crippen LogP contribution in [0, 0.1) is 0 Å². The van der Waals surface area contributed by atoms with E-state index in [2.05, 4.69) is 15.9 Å². The van der Waals surface area contributed by atoms with Crippen LogP contribution >= 0.6 is 15.9 Å². The topological polar surface area (TPSA) is 89.3 Å². The van der Waals surface area contributed by atoms with Crippen LogP contribution < -0.4 is 11.5 Å². The summed E-state index contributed by atoms with van der Waals surface area (Å²) in [4.78, 5) is 11.2. The monoisotopic (exact) mass is 244 g/mol. The molecule has 13 heavy (non-hydrogen) atoms. The number of anilines is 2. The Morgan fingerprint density at radius 1 is 1.46 bits per heavy atom. The molecular weight excluding hydrogens is 236 g/mol. The van der Waals surface area contributed by atoms with Gasteiger partial charge in [-0.05, 0) is 12.1 Å². The maximum absolute atomic E-state index is 11.2. The lowest BCUT2D eigenvalue weighted by Crippen LogP contribution is -2.03. The zero-order valence-corrected chi connectivity index (χ0v) is 8.34. The number of nitrogens with two attached hydrogens (primary N) is 2. The van der Waals surface area contributed by atoms with E-state index in [1.165, 1.54) is 12.1 Å². The number of halogens is 1. The fourth-order valence-electron chi connectivity index (χ4n) is 0.898. The van der Waals surface area contributed by atoms with Crippen LogP contribution in [0.5, 0.6) is 5.75 Å². The second kappa shape index (κ2) is 3.66. The summed E-state index contributed by atoms with van der Waals surface area (Å²) in [5, 5.41) is 9.44. The molecule has 0 aromatic heterocycles. The highest BCUT2D eigenvalue weighted by molar-refractivity contribution is 9.09. The van der Waals surface area contributed by atoms with Gasteiger partial charge >= 0.3 is 0 Å². The number of hydrogen-bond donors (Lipinski definition) is 3. The third kappa shape index (κ3) is 1.92. The summed E-state index contributed by atoms with van der Waals surface area (Å²) in [6.07, 6.45) is 0. The lowest BCUT2D eigenvalue weighted by atomic mass is 10.1. The number of phenols is 1. The van der Waals surface area contributed by atoms with Gasteiger partial charge in [0.2, 0.25) is 0 Å². The van der Waals surface area contributed by atoms with Gasteiger partial charge in [-0.15, -0.1) is 0 Å². The molecule has 1 rings (SSSR count). The minimum atomic E-state index is -0.163. The number of alkyl halides is 1. The van der Waals surface area contributed by atoms with E-state index in [1.807, 2.05) is 0 Å². The molecule has 0 amide bonds. The number of phenolic OH excluding ortho intramolecular Hbond substituents is 1. The van der Waals surface area contributed by atoms with Crippen LogP contribution in [-0.4, -0.2) is 16.2 Å². The third-order valence-corrected chi connectivity index (χ3v) is 2.14. The van der Waals surface area contributed by atoms with E-state index in [0.717, 1.165) is 0 Å². The molecule has 0 fully saturated rings. The molecule has 1 aromatic carbocycles. The first-order valence-electron chi connectivity index (χ1n) is 3.53. The lowest BCUT2D eigenvalue weighted by molar-refractivity contribution is 0.102. The Kier molecular flexibility index (Phi) is 2.77. The molecule has 0 saturated carbocycles. The molecule has 0 radical (unpaired) electrons. The van der Waals surface area contributed by atoms with Crippen molar-refractivity contribution in [2.75, 3.05) is 16.8 Å². The number of ketones is 1. The van der Waals surface area contributed by atoms with Crippen molar-refractivity contribution in [2.45, 2.75) is 0 Å². The maximum atomic E-state index is 11.2. The third-order valence-electron chi connectivity index (χ3n) is 1.63. The molecule has 4 nitrogen and oxygen atoms in total. The van der Waals surface area contributed by atoms with Gasteiger partial charge < -0.3 is 16.6 Å². The summed E-state index contributed by atoms with van der Waals surface area (Å²) in [6, 6.07) is 2.74. The molecule has 0 unspecified atom stereocenters. The molecule has 5 N–H and O–H groups in total. The normalized spacial score (nSPS) is 9.92. The summed E-state index contributed by atoms with van der Waals surface area (Å²) in [6.45, 7) is 0. The van der Waals surface area contributed by atoms with Crippen molar-refractivity contribution in [2.24, 2.45) is 0 Å². The van der Waals surface area contributed by atoms with E-state index in [1.54, 1.807) is 0 Å². The Morgan fingerprint density at radius 3 is 2.54 bits per heavy atom. The van der Waals surface area contributed by atoms with Crippen LogP contribution in [0.15, 0.2) is 12.1 Å². The first kappa shape index (κ1) is 9.85. The molecule has 0 aliphatic carbocycles. The van der Waals surface area contributed by atoms with Crippen molar-refractivity contribution >= 4 is 33.1 Å². The zero-order valence-electron chi connectivity index (χ0n) is 6.75. The number of carbonyl (C=O) groups is 1. The first-order valence-corrected chi connectivity index (χ1v) is 4.65. The van der Waals surface area contributed by atoms with Crippen LogP contribution in [0.3, 0.4) is 0 Å². The van der Waals surface area contributed by atoms with Gasteiger partial charge in [0.15, 0.2) is 5.78 Å². The van der Waals surface area contributed by atoms with Gasteiger partial charge in [0.05, 0.1) is 16.7 Å². The number of benzene rings is 1. The SMILES string of the molecule is Nc1cc(C(=O)CBr)cc(O)c1N. The van der Waals surface area contributed by atoms with Crippen LogP contribution in [0.25, 0.3) is 0 Å². The average molecular weight is 245 g/mol. The predicted molar refractivity (Wildman–Crippen MR) is 55.1 cm³/mol. The van der Waals surface area contributed by atoms with Crippen molar-refractivity contribution in [3.63, 3.8) is 0 Å². The standard InChI is InChI=1S/C8H9BrN2O2/c9-3-7(13)4-1-5(10)8(11)6(12)2-4/h1-2,12H,3,10-11H2. The van der Waals surface area contributed by atoms with Gasteiger partial charge in [-0.25, -0.2) is 0 Å². The largest absolute Gasteiger partial charge is 0.506 e. The zero-order chi connectivity index (χ0) is 10.0. The molecular formula is C8H9BrN2O2. The fraction of sp³-hybridized carbons (Fsp3) is 0.125. The Balaban J connectivity index is 3.20. The van der Waals surface area contributed by atoms with Crippen molar-refractivity contribution in [1.82, 2.24) is 0 Å². The minimum absolute atomic E-state index is 0.103. The van der Waals surface area contributed by atoms with E-state index in [0.29, 0.717) is 5.56 Å². The van der Waals surface area contributed by atoms with Crippen molar-refractivity contribution in [1.29, 1.82) is 0 Å². The Hall–Kier alpha value is -1.23. The van der Waals surface area contributed by atoms with Crippen LogP contribution in [0.1, 0.15) is 10.4 Å². The van der Waals surface area contributed by atoms with E-state index in [4.69, 9.17) is 11.5 Å². The first-order chi connectivity index (χ1) is 6.06. The number of hydrogen-bond acceptors (Lipinski definition) is 4. The minimum Gasteiger partial charge on any atom is -0.506 e. The van der Waals surface area contributed by atoms with Crippen molar-refractivity contribution < 1.29 is 9.90 Å². The summed E-state index contributed by atoms with van der Waals surface area (Å²) in [5.74, 6) is -0.314. The van der Waals surface area contributed by atoms with Gasteiger partial charge in [-0.2, -0.15) is 0 Å². The Morgan fingerprint density at radius 2 is 2.08 bits per heavy atom. The summed E-state index contributed by atoms with van der Waals surface area (Å²) in [7, 11) is 0. The number of aromatic hydroxyl groups is 1. The second-order valence-corrected chi connectivity index (χ2v) is 3.12. The highest BCUT2D eigenvalue weighted by Crippen LogP contribution is 2.28. The molecule has 0 heterocycles. The van der Waals surface area contributed by atoms with Crippen molar-refractivity contribution in [3.8, 4) is 5.75 Å². The summed E-state index contributed by atoms with van der Waals surface area (Å²) < 4.78 is 0. The number of carbonyl (C=O) groups excluding carboxylic acids is 1. The Bertz CT molecular complexity index is 329. The highest BCUT2D eigenvalue weighted by atomic mass is 79.9. The molecule has 0 aliphatic rings. The number of nitrogen functional groups attached to an aromatic ring is 2. The summed E-state index contributed by atoms with van der Waals surface area (Å²) in [5.41, 5.74) is 11.5. The predicted octanol–water partition coefficient (Wildman–Crippen LogP) is 1.13. The van der Waals surface area contributed by atoms with Gasteiger partial charge in [-0.3, -0.25) is 4.79 Å². The van der Waals surface area contributed by atoms with Crippen LogP contribution in [0.2, 0.25) is 0 Å². The van der Waals surface area contributed by atoms with Gasteiger partial charge in [0.1, 0.15) is 5.75 Å². The second-order valence-electron chi connectivity index (χ2n) is 2.56. The van der Waals surface area contributed by atoms with E-state index in [9.17, 15) is 9.90 Å². The van der Waals surface area contributed by atoms with Crippen LogP contribution in [0.4, 0.5) is 11.4 Å². The van der Waals surface area contributed by atoms with E-state index >= 15 is 0 Å². The molecule has 0 bridgehead atoms. The van der Waals surface area contributed by atoms with Gasteiger partial charge in [-0.1, -0.05) is 15.9 Å². The quantitative estimate of drug-likeness (QED) is 0.315. The van der Waals surface area contributed by atoms with Crippen LogP contribution in [-0.2, 0) is 0 Å². The van der Waals surface area contributed by atoms with E-state index < -0.39 is 0 Å². The molecule has 0 spiro atoms. The molecule has 0 aliphatic heterocycles.